The van der Waals surface area contributed by atoms with Crippen molar-refractivity contribution < 1.29 is 14.3 Å². The third-order valence-electron chi connectivity index (χ3n) is 5.60. The molecule has 7 nitrogen and oxygen atoms in total. The first-order valence-electron chi connectivity index (χ1n) is 9.73. The number of hydrogen-bond donors (Lipinski definition) is 2. The Labute approximate surface area is 178 Å². The second kappa shape index (κ2) is 10.4. The number of carbonyl (C=O) groups excluding carboxylic acids is 2. The summed E-state index contributed by atoms with van der Waals surface area (Å²) in [6.45, 7) is 5.40. The van der Waals surface area contributed by atoms with Crippen molar-refractivity contribution in [2.75, 3.05) is 39.9 Å². The van der Waals surface area contributed by atoms with Gasteiger partial charge in [-0.1, -0.05) is 12.2 Å². The molecule has 0 aromatic heterocycles. The predicted molar refractivity (Wildman–Crippen MR) is 115 cm³/mol. The molecule has 1 aliphatic heterocycles. The van der Waals surface area contributed by atoms with Crippen molar-refractivity contribution >= 4 is 41.8 Å². The lowest BCUT2D eigenvalue weighted by Crippen LogP contribution is -2.40. The number of ether oxygens (including phenoxy) is 1. The van der Waals surface area contributed by atoms with Crippen LogP contribution in [0, 0.1) is 23.7 Å². The summed E-state index contributed by atoms with van der Waals surface area (Å²) in [5.74, 6) is 1.19. The van der Waals surface area contributed by atoms with Gasteiger partial charge in [0.15, 0.2) is 5.96 Å². The van der Waals surface area contributed by atoms with Gasteiger partial charge < -0.3 is 15.4 Å². The molecule has 2 amide bonds. The number of hydrogen-bond acceptors (Lipinski definition) is 4. The molecular formula is C19H31IN4O3. The van der Waals surface area contributed by atoms with E-state index in [1.807, 2.05) is 6.92 Å². The van der Waals surface area contributed by atoms with Gasteiger partial charge in [0.05, 0.1) is 11.8 Å². The molecule has 8 heteroatoms. The third-order valence-corrected chi connectivity index (χ3v) is 5.60. The number of imide groups is 1. The summed E-state index contributed by atoms with van der Waals surface area (Å²) in [6.07, 6.45) is 6.88. The van der Waals surface area contributed by atoms with Gasteiger partial charge in [-0.15, -0.1) is 24.0 Å². The number of aliphatic imine (C=N–C) groups is 1. The molecule has 0 aromatic rings. The molecule has 27 heavy (non-hydrogen) atoms. The van der Waals surface area contributed by atoms with E-state index in [1.54, 1.807) is 7.05 Å². The molecule has 3 rings (SSSR count). The van der Waals surface area contributed by atoms with Gasteiger partial charge >= 0.3 is 0 Å². The summed E-state index contributed by atoms with van der Waals surface area (Å²) in [7, 11) is 1.73. The first kappa shape index (κ1) is 22.1. The lowest BCUT2D eigenvalue weighted by Gasteiger charge is -2.18. The largest absolute Gasteiger partial charge is 0.382 e. The summed E-state index contributed by atoms with van der Waals surface area (Å²) < 4.78 is 5.30. The quantitative estimate of drug-likeness (QED) is 0.128. The summed E-state index contributed by atoms with van der Waals surface area (Å²) in [4.78, 5) is 30.9. The van der Waals surface area contributed by atoms with E-state index >= 15 is 0 Å². The number of rotatable bonds is 9. The Morgan fingerprint density at radius 2 is 1.74 bits per heavy atom. The average molecular weight is 490 g/mol. The highest BCUT2D eigenvalue weighted by atomic mass is 127. The zero-order valence-corrected chi connectivity index (χ0v) is 18.5. The van der Waals surface area contributed by atoms with E-state index in [2.05, 4.69) is 27.8 Å². The average Bonchev–Trinajstić information content (AvgIpc) is 3.32. The predicted octanol–water partition coefficient (Wildman–Crippen LogP) is 1.39. The Balaban J connectivity index is 0.00000261. The molecule has 0 aromatic carbocycles. The van der Waals surface area contributed by atoms with Gasteiger partial charge in [-0.2, -0.15) is 0 Å². The lowest BCUT2D eigenvalue weighted by molar-refractivity contribution is -0.140. The number of amides is 2. The standard InChI is InChI=1S/C19H30N4O3.HI/c1-3-26-11-5-9-22-19(20-2)21-8-4-10-23-17(24)15-13-6-7-14(12-13)16(15)18(23)25;/h6-7,13-16H,3-5,8-12H2,1-2H3,(H2,20,21,22);1H. The van der Waals surface area contributed by atoms with Crippen molar-refractivity contribution in [2.24, 2.45) is 28.7 Å². The van der Waals surface area contributed by atoms with Crippen LogP contribution in [0.25, 0.3) is 0 Å². The highest BCUT2D eigenvalue weighted by Gasteiger charge is 2.58. The van der Waals surface area contributed by atoms with Gasteiger partial charge in [-0.3, -0.25) is 19.5 Å². The van der Waals surface area contributed by atoms with E-state index in [4.69, 9.17) is 4.74 Å². The molecule has 0 spiro atoms. The summed E-state index contributed by atoms with van der Waals surface area (Å²) in [6, 6.07) is 0. The van der Waals surface area contributed by atoms with E-state index in [9.17, 15) is 9.59 Å². The fourth-order valence-corrected chi connectivity index (χ4v) is 4.37. The Morgan fingerprint density at radius 1 is 1.15 bits per heavy atom. The summed E-state index contributed by atoms with van der Waals surface area (Å²) >= 11 is 0. The Bertz CT molecular complexity index is 566. The van der Waals surface area contributed by atoms with Crippen LogP contribution in [0.15, 0.2) is 17.1 Å². The smallest absolute Gasteiger partial charge is 0.233 e. The SMILES string of the molecule is CCOCCCNC(=NC)NCCCN1C(=O)C2C3C=CC(C3)C2C1=O.I. The van der Waals surface area contributed by atoms with Crippen molar-refractivity contribution in [3.63, 3.8) is 0 Å². The van der Waals surface area contributed by atoms with Gasteiger partial charge in [0.1, 0.15) is 0 Å². The lowest BCUT2D eigenvalue weighted by atomic mass is 9.85. The molecule has 2 fully saturated rings. The molecule has 4 unspecified atom stereocenters. The van der Waals surface area contributed by atoms with Crippen LogP contribution in [0.2, 0.25) is 0 Å². The van der Waals surface area contributed by atoms with Gasteiger partial charge in [0, 0.05) is 39.9 Å². The van der Waals surface area contributed by atoms with Gasteiger partial charge in [-0.25, -0.2) is 0 Å². The number of guanidine groups is 1. The number of nitrogens with one attached hydrogen (secondary N) is 2. The third kappa shape index (κ3) is 4.82. The molecule has 1 saturated carbocycles. The Hall–Kier alpha value is -1.16. The van der Waals surface area contributed by atoms with Crippen LogP contribution in [-0.4, -0.2) is 62.6 Å². The van der Waals surface area contributed by atoms with Gasteiger partial charge in [0.25, 0.3) is 0 Å². The van der Waals surface area contributed by atoms with Crippen molar-refractivity contribution in [3.05, 3.63) is 12.2 Å². The zero-order valence-electron chi connectivity index (χ0n) is 16.1. The van der Waals surface area contributed by atoms with E-state index in [-0.39, 0.29) is 59.5 Å². The van der Waals surface area contributed by atoms with Crippen LogP contribution in [0.3, 0.4) is 0 Å². The number of carbonyl (C=O) groups is 2. The number of fused-ring (bicyclic) bond motifs is 5. The van der Waals surface area contributed by atoms with Crippen LogP contribution in [-0.2, 0) is 14.3 Å². The molecule has 2 N–H and O–H groups in total. The molecule has 2 bridgehead atoms. The molecular weight excluding hydrogens is 459 g/mol. The van der Waals surface area contributed by atoms with E-state index in [1.165, 1.54) is 4.90 Å². The molecule has 1 heterocycles. The number of halogens is 1. The molecule has 3 aliphatic rings. The normalized spacial score (nSPS) is 28.5. The monoisotopic (exact) mass is 490 g/mol. The maximum atomic E-state index is 12.6. The van der Waals surface area contributed by atoms with E-state index < -0.39 is 0 Å². The second-order valence-corrected chi connectivity index (χ2v) is 7.16. The minimum Gasteiger partial charge on any atom is -0.382 e. The van der Waals surface area contributed by atoms with E-state index in [0.29, 0.717) is 13.1 Å². The van der Waals surface area contributed by atoms with E-state index in [0.717, 1.165) is 45.0 Å². The molecule has 4 atom stereocenters. The number of allylic oxidation sites excluding steroid dienone is 2. The zero-order chi connectivity index (χ0) is 18.5. The molecule has 0 radical (unpaired) electrons. The van der Waals surface area contributed by atoms with Crippen molar-refractivity contribution in [1.82, 2.24) is 15.5 Å². The van der Waals surface area contributed by atoms with Crippen molar-refractivity contribution in [2.45, 2.75) is 26.2 Å². The van der Waals surface area contributed by atoms with Crippen LogP contribution in [0.4, 0.5) is 0 Å². The molecule has 2 aliphatic carbocycles. The minimum atomic E-state index is -0.0924. The van der Waals surface area contributed by atoms with Crippen molar-refractivity contribution in [3.8, 4) is 0 Å². The second-order valence-electron chi connectivity index (χ2n) is 7.16. The van der Waals surface area contributed by atoms with Gasteiger partial charge in [-0.05, 0) is 38.0 Å². The topological polar surface area (TPSA) is 83.0 Å². The molecule has 1 saturated heterocycles. The Kier molecular flexibility index (Phi) is 8.53. The Morgan fingerprint density at radius 3 is 2.30 bits per heavy atom. The van der Waals surface area contributed by atoms with Crippen LogP contribution < -0.4 is 10.6 Å². The number of nitrogens with zero attached hydrogens (tertiary/aromatic N) is 2. The first-order chi connectivity index (χ1) is 12.7. The maximum absolute atomic E-state index is 12.6. The summed E-state index contributed by atoms with van der Waals surface area (Å²) in [5.41, 5.74) is 0. The van der Waals surface area contributed by atoms with Gasteiger partial charge in [0.2, 0.25) is 11.8 Å². The highest BCUT2D eigenvalue weighted by molar-refractivity contribution is 14.0. The first-order valence-corrected chi connectivity index (χ1v) is 9.73. The highest BCUT2D eigenvalue weighted by Crippen LogP contribution is 2.52. The fraction of sp³-hybridized carbons (Fsp3) is 0.737. The fourth-order valence-electron chi connectivity index (χ4n) is 4.37. The van der Waals surface area contributed by atoms with Crippen LogP contribution >= 0.6 is 24.0 Å². The number of likely N-dealkylation sites (tertiary alicyclic amines) is 1. The van der Waals surface area contributed by atoms with Crippen molar-refractivity contribution in [1.29, 1.82) is 0 Å². The molecule has 152 valence electrons. The van der Waals surface area contributed by atoms with Crippen LogP contribution in [0.1, 0.15) is 26.2 Å². The maximum Gasteiger partial charge on any atom is 0.233 e. The van der Waals surface area contributed by atoms with Crippen LogP contribution in [0.5, 0.6) is 0 Å². The minimum absolute atomic E-state index is 0. The summed E-state index contributed by atoms with van der Waals surface area (Å²) in [5, 5.41) is 6.46.